The van der Waals surface area contributed by atoms with Gasteiger partial charge < -0.3 is 9.64 Å². The number of morpholine rings is 1. The molecule has 114 valence electrons. The number of aromatic amines is 1. The minimum Gasteiger partial charge on any atom is -0.366 e. The van der Waals surface area contributed by atoms with Gasteiger partial charge in [0.2, 0.25) is 5.95 Å². The van der Waals surface area contributed by atoms with Crippen LogP contribution >= 0.6 is 0 Å². The van der Waals surface area contributed by atoms with Gasteiger partial charge in [0.1, 0.15) is 5.82 Å². The number of nitrogen functional groups attached to an aromatic ring is 1. The van der Waals surface area contributed by atoms with E-state index >= 15 is 0 Å². The van der Waals surface area contributed by atoms with E-state index in [0.29, 0.717) is 11.6 Å². The third-order valence-corrected chi connectivity index (χ3v) is 3.41. The molecule has 0 aliphatic carbocycles. The average Bonchev–Trinajstić information content (AvgIpc) is 2.81. The van der Waals surface area contributed by atoms with Crippen LogP contribution in [0.2, 0.25) is 0 Å². The first-order valence-corrected chi connectivity index (χ1v) is 6.93. The van der Waals surface area contributed by atoms with E-state index in [1.807, 2.05) is 0 Å². The normalized spacial score (nSPS) is 20.7. The summed E-state index contributed by atoms with van der Waals surface area (Å²) in [7, 11) is 0. The van der Waals surface area contributed by atoms with Gasteiger partial charge in [-0.15, -0.1) is 0 Å². The third kappa shape index (κ3) is 2.64. The van der Waals surface area contributed by atoms with Crippen LogP contribution in [0.25, 0.3) is 11.0 Å². The molecule has 0 atom stereocenters. The van der Waals surface area contributed by atoms with Crippen LogP contribution in [0.4, 0.5) is 11.8 Å². The lowest BCUT2D eigenvalue weighted by atomic mass is 9.99. The van der Waals surface area contributed by atoms with Crippen molar-refractivity contribution < 1.29 is 4.74 Å². The summed E-state index contributed by atoms with van der Waals surface area (Å²) in [6.07, 6.45) is 1.74. The predicted octanol–water partition coefficient (Wildman–Crippen LogP) is 1.03. The van der Waals surface area contributed by atoms with Gasteiger partial charge >= 0.3 is 0 Å². The zero-order chi connectivity index (χ0) is 15.3. The van der Waals surface area contributed by atoms with Gasteiger partial charge in [-0.25, -0.2) is 5.84 Å². The molecule has 8 heteroatoms. The summed E-state index contributed by atoms with van der Waals surface area (Å²) in [6.45, 7) is 9.79. The molecular formula is C13H21N7O. The van der Waals surface area contributed by atoms with Gasteiger partial charge in [0.25, 0.3) is 0 Å². The van der Waals surface area contributed by atoms with Gasteiger partial charge in [0.05, 0.1) is 22.8 Å². The number of aromatic nitrogens is 4. The van der Waals surface area contributed by atoms with Crippen molar-refractivity contribution in [2.24, 2.45) is 5.84 Å². The molecular weight excluding hydrogens is 270 g/mol. The van der Waals surface area contributed by atoms with Crippen molar-refractivity contribution in [2.45, 2.75) is 38.9 Å². The number of nitrogens with zero attached hydrogens (tertiary/aromatic N) is 4. The Bertz CT molecular complexity index is 648. The maximum absolute atomic E-state index is 6.11. The lowest BCUT2D eigenvalue weighted by Crippen LogP contribution is -2.57. The summed E-state index contributed by atoms with van der Waals surface area (Å²) in [5.41, 5.74) is 2.63. The van der Waals surface area contributed by atoms with Gasteiger partial charge in [0.15, 0.2) is 5.65 Å². The fraction of sp³-hybridized carbons (Fsp3) is 0.615. The smallest absolute Gasteiger partial charge is 0.241 e. The van der Waals surface area contributed by atoms with Gasteiger partial charge in [-0.1, -0.05) is 0 Å². The molecule has 1 aliphatic heterocycles. The van der Waals surface area contributed by atoms with Crippen LogP contribution in [-0.4, -0.2) is 44.5 Å². The van der Waals surface area contributed by atoms with Crippen LogP contribution in [0, 0.1) is 0 Å². The number of fused-ring (bicyclic) bond motifs is 1. The Hall–Kier alpha value is -1.93. The Labute approximate surface area is 123 Å². The monoisotopic (exact) mass is 291 g/mol. The zero-order valence-corrected chi connectivity index (χ0v) is 12.8. The van der Waals surface area contributed by atoms with E-state index in [1.165, 1.54) is 0 Å². The number of rotatable bonds is 2. The highest BCUT2D eigenvalue weighted by Gasteiger charge is 2.39. The zero-order valence-electron chi connectivity index (χ0n) is 12.8. The number of nitrogens with two attached hydrogens (primary N) is 1. The molecule has 0 spiro atoms. The molecule has 0 bridgehead atoms. The molecule has 2 aromatic rings. The molecule has 1 fully saturated rings. The molecule has 2 aromatic heterocycles. The minimum absolute atomic E-state index is 0.265. The molecule has 0 unspecified atom stereocenters. The van der Waals surface area contributed by atoms with Crippen LogP contribution in [0.3, 0.4) is 0 Å². The second kappa shape index (κ2) is 4.54. The van der Waals surface area contributed by atoms with Crippen molar-refractivity contribution in [1.29, 1.82) is 0 Å². The number of hydrazine groups is 1. The summed E-state index contributed by atoms with van der Waals surface area (Å²) in [6, 6.07) is 0. The lowest BCUT2D eigenvalue weighted by molar-refractivity contribution is -0.133. The SMILES string of the molecule is CC1(C)CN(c2nc(NN)nc3[nH]ncc23)CC(C)(C)O1. The Morgan fingerprint density at radius 1 is 1.24 bits per heavy atom. The Morgan fingerprint density at radius 2 is 1.90 bits per heavy atom. The van der Waals surface area contributed by atoms with E-state index in [4.69, 9.17) is 10.6 Å². The van der Waals surface area contributed by atoms with Gasteiger partial charge in [0, 0.05) is 13.1 Å². The summed E-state index contributed by atoms with van der Waals surface area (Å²) in [5.74, 6) is 6.64. The molecule has 1 aliphatic rings. The number of ether oxygens (including phenoxy) is 1. The molecule has 4 N–H and O–H groups in total. The van der Waals surface area contributed by atoms with E-state index in [0.717, 1.165) is 24.3 Å². The number of anilines is 2. The first-order chi connectivity index (χ1) is 9.80. The van der Waals surface area contributed by atoms with Gasteiger partial charge in [-0.2, -0.15) is 15.1 Å². The maximum Gasteiger partial charge on any atom is 0.241 e. The number of hydrogen-bond acceptors (Lipinski definition) is 7. The number of H-pyrrole nitrogens is 1. The summed E-state index contributed by atoms with van der Waals surface area (Å²) < 4.78 is 6.11. The topological polar surface area (TPSA) is 105 Å². The van der Waals surface area contributed by atoms with Crippen LogP contribution in [0.15, 0.2) is 6.20 Å². The molecule has 1 saturated heterocycles. The van der Waals surface area contributed by atoms with Crippen molar-refractivity contribution in [3.63, 3.8) is 0 Å². The lowest BCUT2D eigenvalue weighted by Gasteiger charge is -2.47. The van der Waals surface area contributed by atoms with Crippen molar-refractivity contribution in [3.8, 4) is 0 Å². The molecule has 3 rings (SSSR count). The predicted molar refractivity (Wildman–Crippen MR) is 80.9 cm³/mol. The van der Waals surface area contributed by atoms with Crippen LogP contribution < -0.4 is 16.2 Å². The Morgan fingerprint density at radius 3 is 2.52 bits per heavy atom. The molecule has 0 saturated carbocycles. The summed E-state index contributed by atoms with van der Waals surface area (Å²) in [4.78, 5) is 11.0. The van der Waals surface area contributed by atoms with E-state index in [2.05, 4.69) is 58.2 Å². The van der Waals surface area contributed by atoms with Crippen LogP contribution in [0.1, 0.15) is 27.7 Å². The van der Waals surface area contributed by atoms with Crippen molar-refractivity contribution in [3.05, 3.63) is 6.20 Å². The van der Waals surface area contributed by atoms with Crippen LogP contribution in [0.5, 0.6) is 0 Å². The fourth-order valence-electron chi connectivity index (χ4n) is 3.06. The average molecular weight is 291 g/mol. The largest absolute Gasteiger partial charge is 0.366 e. The molecule has 0 radical (unpaired) electrons. The Balaban J connectivity index is 2.08. The van der Waals surface area contributed by atoms with Crippen molar-refractivity contribution >= 4 is 22.8 Å². The first-order valence-electron chi connectivity index (χ1n) is 6.93. The fourth-order valence-corrected chi connectivity index (χ4v) is 3.06. The second-order valence-electron chi connectivity index (χ2n) is 6.62. The van der Waals surface area contributed by atoms with Gasteiger partial charge in [-0.05, 0) is 27.7 Å². The second-order valence-corrected chi connectivity index (χ2v) is 6.62. The standard InChI is InChI=1S/C13H21N7O/c1-12(2)6-20(7-13(3,4)21-12)10-8-5-15-19-9(8)16-11(17-10)18-14/h5H,6-7,14H2,1-4H3,(H2,15,16,17,18,19). The summed E-state index contributed by atoms with van der Waals surface area (Å²) >= 11 is 0. The van der Waals surface area contributed by atoms with Crippen molar-refractivity contribution in [1.82, 2.24) is 20.2 Å². The van der Waals surface area contributed by atoms with E-state index in [1.54, 1.807) is 6.20 Å². The molecule has 0 aromatic carbocycles. The first kappa shape index (κ1) is 14.0. The maximum atomic E-state index is 6.11. The highest BCUT2D eigenvalue weighted by molar-refractivity contribution is 5.87. The molecule has 8 nitrogen and oxygen atoms in total. The van der Waals surface area contributed by atoms with Crippen LogP contribution in [-0.2, 0) is 4.74 Å². The quantitative estimate of drug-likeness (QED) is 0.560. The number of nitrogens with one attached hydrogen (secondary N) is 2. The van der Waals surface area contributed by atoms with E-state index in [-0.39, 0.29) is 11.2 Å². The van der Waals surface area contributed by atoms with Crippen molar-refractivity contribution in [2.75, 3.05) is 23.4 Å². The highest BCUT2D eigenvalue weighted by Crippen LogP contribution is 2.33. The van der Waals surface area contributed by atoms with Gasteiger partial charge in [-0.3, -0.25) is 10.5 Å². The third-order valence-electron chi connectivity index (χ3n) is 3.41. The summed E-state index contributed by atoms with van der Waals surface area (Å²) in [5, 5.41) is 7.79. The molecule has 3 heterocycles. The van der Waals surface area contributed by atoms with E-state index < -0.39 is 0 Å². The molecule has 21 heavy (non-hydrogen) atoms. The van der Waals surface area contributed by atoms with E-state index in [9.17, 15) is 0 Å². The number of hydrogen-bond donors (Lipinski definition) is 3. The molecule has 0 amide bonds. The minimum atomic E-state index is -0.265. The Kier molecular flexibility index (Phi) is 3.03. The highest BCUT2D eigenvalue weighted by atomic mass is 16.5.